The number of aliphatic carboxylic acids is 1. The molecule has 1 atom stereocenters. The van der Waals surface area contributed by atoms with Crippen LogP contribution in [0.4, 0.5) is 0 Å². The third kappa shape index (κ3) is 3.70. The van der Waals surface area contributed by atoms with Crippen LogP contribution in [0.25, 0.3) is 0 Å². The first-order valence-corrected chi connectivity index (χ1v) is 6.04. The summed E-state index contributed by atoms with van der Waals surface area (Å²) < 4.78 is 0. The Kier molecular flexibility index (Phi) is 4.58. The van der Waals surface area contributed by atoms with Crippen molar-refractivity contribution in [2.75, 3.05) is 0 Å². The summed E-state index contributed by atoms with van der Waals surface area (Å²) in [7, 11) is 0. The van der Waals surface area contributed by atoms with Crippen LogP contribution in [-0.4, -0.2) is 28.6 Å². The molecule has 0 radical (unpaired) electrons. The molecule has 0 aliphatic carbocycles. The number of hydrogen-bond donors (Lipinski definition) is 3. The molecule has 0 bridgehead atoms. The van der Waals surface area contributed by atoms with Gasteiger partial charge in [0.05, 0.1) is 5.41 Å². The minimum atomic E-state index is -1.04. The van der Waals surface area contributed by atoms with E-state index in [9.17, 15) is 14.7 Å². The first kappa shape index (κ1) is 16.9. The SMILES string of the molecule is CC(C)(C)C(NC(=O)C(C)(C)C(C)(C)N)C(=O)O. The topological polar surface area (TPSA) is 92.4 Å². The fraction of sp³-hybridized carbons (Fsp3) is 0.846. The number of nitrogens with one attached hydrogen (secondary N) is 1. The normalized spacial score (nSPS) is 15.1. The van der Waals surface area contributed by atoms with Crippen LogP contribution in [0.1, 0.15) is 48.5 Å². The Morgan fingerprint density at radius 2 is 1.44 bits per heavy atom. The predicted octanol–water partition coefficient (Wildman–Crippen LogP) is 1.37. The number of nitrogens with two attached hydrogens (primary N) is 1. The molecule has 0 heterocycles. The van der Waals surface area contributed by atoms with Crippen molar-refractivity contribution in [3.63, 3.8) is 0 Å². The van der Waals surface area contributed by atoms with Gasteiger partial charge in [-0.2, -0.15) is 0 Å². The molecular weight excluding hydrogens is 232 g/mol. The van der Waals surface area contributed by atoms with E-state index in [1.54, 1.807) is 48.5 Å². The van der Waals surface area contributed by atoms with Crippen LogP contribution in [0.5, 0.6) is 0 Å². The number of carboxylic acid groups (broad SMARTS) is 1. The van der Waals surface area contributed by atoms with Gasteiger partial charge in [0.1, 0.15) is 6.04 Å². The molecule has 1 amide bonds. The molecule has 0 saturated heterocycles. The molecule has 0 aromatic rings. The number of carbonyl (C=O) groups excluding carboxylic acids is 1. The highest BCUT2D eigenvalue weighted by molar-refractivity contribution is 5.88. The van der Waals surface area contributed by atoms with Crippen LogP contribution >= 0.6 is 0 Å². The molecule has 0 spiro atoms. The third-order valence-corrected chi connectivity index (χ3v) is 3.57. The lowest BCUT2D eigenvalue weighted by atomic mass is 9.74. The molecule has 0 aliphatic heterocycles. The number of carbonyl (C=O) groups is 2. The zero-order valence-corrected chi connectivity index (χ0v) is 12.4. The molecule has 18 heavy (non-hydrogen) atoms. The maximum atomic E-state index is 12.2. The van der Waals surface area contributed by atoms with E-state index in [0.29, 0.717) is 0 Å². The van der Waals surface area contributed by atoms with E-state index in [2.05, 4.69) is 5.32 Å². The van der Waals surface area contributed by atoms with Crippen molar-refractivity contribution in [2.24, 2.45) is 16.6 Å². The molecule has 0 fully saturated rings. The highest BCUT2D eigenvalue weighted by Crippen LogP contribution is 2.29. The Labute approximate surface area is 109 Å². The Morgan fingerprint density at radius 1 is 1.06 bits per heavy atom. The van der Waals surface area contributed by atoms with Crippen LogP contribution in [0.3, 0.4) is 0 Å². The molecule has 5 nitrogen and oxygen atoms in total. The van der Waals surface area contributed by atoms with Crippen molar-refractivity contribution in [3.8, 4) is 0 Å². The van der Waals surface area contributed by atoms with Gasteiger partial charge in [-0.3, -0.25) is 4.79 Å². The summed E-state index contributed by atoms with van der Waals surface area (Å²) in [5.74, 6) is -1.39. The van der Waals surface area contributed by atoms with Gasteiger partial charge in [0.2, 0.25) is 5.91 Å². The zero-order valence-electron chi connectivity index (χ0n) is 12.4. The minimum absolute atomic E-state index is 0.350. The van der Waals surface area contributed by atoms with Gasteiger partial charge in [0.25, 0.3) is 0 Å². The summed E-state index contributed by atoms with van der Waals surface area (Å²) in [5.41, 5.74) is 3.81. The fourth-order valence-corrected chi connectivity index (χ4v) is 1.25. The van der Waals surface area contributed by atoms with Crippen LogP contribution in [0.15, 0.2) is 0 Å². The molecule has 1 unspecified atom stereocenters. The highest BCUT2D eigenvalue weighted by Gasteiger charge is 2.43. The molecule has 4 N–H and O–H groups in total. The van der Waals surface area contributed by atoms with E-state index in [4.69, 9.17) is 5.73 Å². The summed E-state index contributed by atoms with van der Waals surface area (Å²) >= 11 is 0. The van der Waals surface area contributed by atoms with E-state index in [1.807, 2.05) is 0 Å². The van der Waals surface area contributed by atoms with E-state index in [1.165, 1.54) is 0 Å². The summed E-state index contributed by atoms with van der Waals surface area (Å²) in [6.45, 7) is 12.2. The molecule has 106 valence electrons. The van der Waals surface area contributed by atoms with Crippen LogP contribution in [0, 0.1) is 10.8 Å². The molecule has 5 heteroatoms. The lowest BCUT2D eigenvalue weighted by Crippen LogP contribution is -2.60. The number of hydrogen-bond acceptors (Lipinski definition) is 3. The molecule has 0 saturated carbocycles. The van der Waals surface area contributed by atoms with Crippen molar-refractivity contribution in [1.82, 2.24) is 5.32 Å². The summed E-state index contributed by atoms with van der Waals surface area (Å²) in [4.78, 5) is 23.4. The van der Waals surface area contributed by atoms with Crippen molar-refractivity contribution < 1.29 is 14.7 Å². The summed E-state index contributed by atoms with van der Waals surface area (Å²) in [6.07, 6.45) is 0. The Bertz CT molecular complexity index is 335. The average Bonchev–Trinajstić information content (AvgIpc) is 2.08. The monoisotopic (exact) mass is 258 g/mol. The van der Waals surface area contributed by atoms with Gasteiger partial charge in [-0.15, -0.1) is 0 Å². The Hall–Kier alpha value is -1.10. The van der Waals surface area contributed by atoms with E-state index >= 15 is 0 Å². The second-order valence-corrected chi connectivity index (χ2v) is 6.96. The highest BCUT2D eigenvalue weighted by atomic mass is 16.4. The standard InChI is InChI=1S/C13H26N2O3/c1-11(2,3)8(9(16)17)15-10(18)12(4,5)13(6,7)14/h8H,14H2,1-7H3,(H,15,18)(H,16,17). The Balaban J connectivity index is 5.11. The largest absolute Gasteiger partial charge is 0.480 e. The lowest BCUT2D eigenvalue weighted by Gasteiger charge is -2.39. The zero-order chi connectivity index (χ0) is 14.9. The number of carboxylic acids is 1. The van der Waals surface area contributed by atoms with E-state index in [-0.39, 0.29) is 5.91 Å². The van der Waals surface area contributed by atoms with Crippen molar-refractivity contribution in [3.05, 3.63) is 0 Å². The first-order chi connectivity index (χ1) is 7.71. The smallest absolute Gasteiger partial charge is 0.326 e. The van der Waals surface area contributed by atoms with Gasteiger partial charge >= 0.3 is 5.97 Å². The second-order valence-electron chi connectivity index (χ2n) is 6.96. The predicted molar refractivity (Wildman–Crippen MR) is 71.1 cm³/mol. The van der Waals surface area contributed by atoms with Gasteiger partial charge < -0.3 is 16.2 Å². The molecule has 0 aromatic carbocycles. The van der Waals surface area contributed by atoms with Crippen LogP contribution < -0.4 is 11.1 Å². The summed E-state index contributed by atoms with van der Waals surface area (Å²) in [5, 5.41) is 11.8. The quantitative estimate of drug-likeness (QED) is 0.710. The molecule has 0 aromatic heterocycles. The summed E-state index contributed by atoms with van der Waals surface area (Å²) in [6, 6.07) is -0.938. The van der Waals surface area contributed by atoms with Gasteiger partial charge in [-0.05, 0) is 33.1 Å². The van der Waals surface area contributed by atoms with Crippen molar-refractivity contribution >= 4 is 11.9 Å². The third-order valence-electron chi connectivity index (χ3n) is 3.57. The molecule has 0 rings (SSSR count). The van der Waals surface area contributed by atoms with Gasteiger partial charge in [-0.25, -0.2) is 4.79 Å². The maximum absolute atomic E-state index is 12.2. The van der Waals surface area contributed by atoms with Gasteiger partial charge in [0, 0.05) is 5.54 Å². The van der Waals surface area contributed by atoms with Crippen LogP contribution in [-0.2, 0) is 9.59 Å². The lowest BCUT2D eigenvalue weighted by molar-refractivity contribution is -0.147. The van der Waals surface area contributed by atoms with Gasteiger partial charge in [-0.1, -0.05) is 20.8 Å². The van der Waals surface area contributed by atoms with Crippen molar-refractivity contribution in [2.45, 2.75) is 60.0 Å². The van der Waals surface area contributed by atoms with Crippen molar-refractivity contribution in [1.29, 1.82) is 0 Å². The number of amides is 1. The number of rotatable bonds is 4. The minimum Gasteiger partial charge on any atom is -0.480 e. The maximum Gasteiger partial charge on any atom is 0.326 e. The molecule has 0 aliphatic rings. The van der Waals surface area contributed by atoms with Gasteiger partial charge in [0.15, 0.2) is 0 Å². The second kappa shape index (κ2) is 4.88. The average molecular weight is 258 g/mol. The van der Waals surface area contributed by atoms with E-state index < -0.39 is 28.4 Å². The molecular formula is C13H26N2O3. The first-order valence-electron chi connectivity index (χ1n) is 6.04. The van der Waals surface area contributed by atoms with Crippen LogP contribution in [0.2, 0.25) is 0 Å². The van der Waals surface area contributed by atoms with E-state index in [0.717, 1.165) is 0 Å². The Morgan fingerprint density at radius 3 is 1.67 bits per heavy atom. The fourth-order valence-electron chi connectivity index (χ4n) is 1.25.